The third-order valence-electron chi connectivity index (χ3n) is 9.47. The van der Waals surface area contributed by atoms with E-state index >= 15 is 0 Å². The minimum absolute atomic E-state index is 0.121. The van der Waals surface area contributed by atoms with Gasteiger partial charge in [-0.3, -0.25) is 14.4 Å². The van der Waals surface area contributed by atoms with Crippen LogP contribution in [0.5, 0.6) is 5.75 Å². The lowest BCUT2D eigenvalue weighted by Gasteiger charge is -2.34. The van der Waals surface area contributed by atoms with Gasteiger partial charge >= 0.3 is 0 Å². The topological polar surface area (TPSA) is 120 Å². The third-order valence-corrected chi connectivity index (χ3v) is 9.47. The molecule has 2 bridgehead atoms. The van der Waals surface area contributed by atoms with Crippen LogP contribution in [-0.4, -0.2) is 77.8 Å². The molecule has 1 spiro atoms. The molecule has 0 radical (unpaired) electrons. The summed E-state index contributed by atoms with van der Waals surface area (Å²) < 4.78 is 12.3. The Labute approximate surface area is 253 Å². The molecule has 5 atom stereocenters. The van der Waals surface area contributed by atoms with Gasteiger partial charge in [0.2, 0.25) is 17.7 Å². The predicted octanol–water partition coefficient (Wildman–Crippen LogP) is 4.05. The summed E-state index contributed by atoms with van der Waals surface area (Å²) in [6, 6.07) is 13.9. The van der Waals surface area contributed by atoms with Crippen molar-refractivity contribution in [2.24, 2.45) is 11.8 Å². The molecule has 0 aliphatic carbocycles. The number of anilines is 3. The normalized spacial score (nSPS) is 27.2. The van der Waals surface area contributed by atoms with Crippen LogP contribution in [0.2, 0.25) is 0 Å². The quantitative estimate of drug-likeness (QED) is 0.321. The molecule has 3 fully saturated rings. The highest BCUT2D eigenvalue weighted by Crippen LogP contribution is 2.64. The Morgan fingerprint density at radius 3 is 2.19 bits per heavy atom. The van der Waals surface area contributed by atoms with Gasteiger partial charge in [-0.1, -0.05) is 6.92 Å². The van der Waals surface area contributed by atoms with Crippen LogP contribution in [-0.2, 0) is 19.1 Å². The Kier molecular flexibility index (Phi) is 8.99. The highest BCUT2D eigenvalue weighted by Gasteiger charge is 2.78. The van der Waals surface area contributed by atoms with E-state index in [9.17, 15) is 19.5 Å². The number of ether oxygens (including phenoxy) is 2. The molecule has 10 heteroatoms. The van der Waals surface area contributed by atoms with Crippen LogP contribution in [0.1, 0.15) is 53.4 Å². The molecular weight excluding hydrogens is 548 g/mol. The van der Waals surface area contributed by atoms with Gasteiger partial charge < -0.3 is 35.0 Å². The van der Waals surface area contributed by atoms with Crippen LogP contribution < -0.4 is 20.3 Å². The fourth-order valence-electron chi connectivity index (χ4n) is 7.47. The van der Waals surface area contributed by atoms with Crippen molar-refractivity contribution in [3.8, 4) is 5.75 Å². The summed E-state index contributed by atoms with van der Waals surface area (Å²) in [5.74, 6) is -1.76. The first kappa shape index (κ1) is 30.8. The molecule has 232 valence electrons. The van der Waals surface area contributed by atoms with Gasteiger partial charge in [0.1, 0.15) is 17.4 Å². The average molecular weight is 593 g/mol. The van der Waals surface area contributed by atoms with Crippen molar-refractivity contribution in [3.05, 3.63) is 48.5 Å². The standard InChI is InChI=1S/C33H44N4O6/c1-5-32-18-19-33(43-32)27(26(32)29(39)34-23-12-16-25(17-13-23)42-8-4)31(41)37(20-9-21-38)28(33)30(40)35-22-10-14-24(15-11-22)36(6-2)7-3/h10-17,26-28,38H,5-9,18-21H2,1-4H3,(H,34,39)(H,35,40)/t26-,27+,28?,32+,33?/m1/s1. The van der Waals surface area contributed by atoms with Crippen LogP contribution in [0.15, 0.2) is 48.5 Å². The van der Waals surface area contributed by atoms with Crippen LogP contribution in [0.3, 0.4) is 0 Å². The largest absolute Gasteiger partial charge is 0.494 e. The highest BCUT2D eigenvalue weighted by molar-refractivity contribution is 6.05. The van der Waals surface area contributed by atoms with Crippen molar-refractivity contribution < 1.29 is 29.0 Å². The maximum atomic E-state index is 14.2. The summed E-state index contributed by atoms with van der Waals surface area (Å²) in [5, 5.41) is 15.6. The fraction of sp³-hybridized carbons (Fsp3) is 0.545. The number of fused-ring (bicyclic) bond motifs is 1. The number of nitrogens with zero attached hydrogens (tertiary/aromatic N) is 2. The number of hydrogen-bond donors (Lipinski definition) is 3. The SMILES string of the molecule is CCOc1ccc(NC(=O)[C@H]2[C@H]3C(=O)N(CCCO)C(C(=O)Nc4ccc(N(CC)CC)cc4)C34CC[C@]2(CC)O4)cc1. The van der Waals surface area contributed by atoms with Crippen LogP contribution in [0, 0.1) is 11.8 Å². The van der Waals surface area contributed by atoms with E-state index in [4.69, 9.17) is 9.47 Å². The smallest absolute Gasteiger partial charge is 0.250 e. The second-order valence-corrected chi connectivity index (χ2v) is 11.6. The van der Waals surface area contributed by atoms with Crippen molar-refractivity contribution in [2.45, 2.75) is 70.6 Å². The van der Waals surface area contributed by atoms with Crippen molar-refractivity contribution in [2.75, 3.05) is 48.4 Å². The number of aliphatic hydroxyl groups is 1. The molecule has 3 aliphatic rings. The van der Waals surface area contributed by atoms with Crippen LogP contribution >= 0.6 is 0 Å². The highest BCUT2D eigenvalue weighted by atomic mass is 16.5. The lowest BCUT2D eigenvalue weighted by molar-refractivity contribution is -0.144. The fourth-order valence-corrected chi connectivity index (χ4v) is 7.47. The Balaban J connectivity index is 1.43. The molecule has 3 saturated heterocycles. The number of carbonyl (C=O) groups is 3. The first-order valence-electron chi connectivity index (χ1n) is 15.6. The molecule has 3 aliphatic heterocycles. The Bertz CT molecular complexity index is 1310. The van der Waals surface area contributed by atoms with E-state index in [1.165, 1.54) is 4.90 Å². The van der Waals surface area contributed by atoms with E-state index in [2.05, 4.69) is 29.4 Å². The summed E-state index contributed by atoms with van der Waals surface area (Å²) in [6.07, 6.45) is 1.93. The molecule has 0 aromatic heterocycles. The minimum Gasteiger partial charge on any atom is -0.494 e. The van der Waals surface area contributed by atoms with Gasteiger partial charge in [0.15, 0.2) is 0 Å². The van der Waals surface area contributed by atoms with Gasteiger partial charge in [0.05, 0.1) is 24.0 Å². The van der Waals surface area contributed by atoms with Crippen molar-refractivity contribution in [3.63, 3.8) is 0 Å². The number of amides is 3. The lowest BCUT2D eigenvalue weighted by Crippen LogP contribution is -2.53. The first-order valence-corrected chi connectivity index (χ1v) is 15.6. The maximum absolute atomic E-state index is 14.2. The molecule has 10 nitrogen and oxygen atoms in total. The van der Waals surface area contributed by atoms with E-state index in [1.807, 2.05) is 38.1 Å². The molecule has 5 rings (SSSR count). The van der Waals surface area contributed by atoms with E-state index in [0.717, 1.165) is 18.8 Å². The van der Waals surface area contributed by atoms with E-state index in [0.29, 0.717) is 49.4 Å². The summed E-state index contributed by atoms with van der Waals surface area (Å²) >= 11 is 0. The zero-order valence-corrected chi connectivity index (χ0v) is 25.6. The molecule has 2 unspecified atom stereocenters. The second-order valence-electron chi connectivity index (χ2n) is 11.6. The van der Waals surface area contributed by atoms with Gasteiger partial charge in [0.25, 0.3) is 0 Å². The number of benzene rings is 2. The monoisotopic (exact) mass is 592 g/mol. The number of hydrogen-bond acceptors (Lipinski definition) is 7. The van der Waals surface area contributed by atoms with Gasteiger partial charge in [-0.2, -0.15) is 0 Å². The number of likely N-dealkylation sites (tertiary alicyclic amines) is 1. The molecule has 2 aromatic carbocycles. The number of nitrogens with one attached hydrogen (secondary N) is 2. The predicted molar refractivity (Wildman–Crippen MR) is 165 cm³/mol. The zero-order chi connectivity index (χ0) is 30.8. The number of aliphatic hydroxyl groups excluding tert-OH is 1. The summed E-state index contributed by atoms with van der Waals surface area (Å²) in [6.45, 7) is 10.4. The summed E-state index contributed by atoms with van der Waals surface area (Å²) in [4.78, 5) is 45.9. The summed E-state index contributed by atoms with van der Waals surface area (Å²) in [5.41, 5.74) is 0.308. The number of rotatable bonds is 13. The van der Waals surface area contributed by atoms with E-state index in [1.54, 1.807) is 24.3 Å². The lowest BCUT2D eigenvalue weighted by atomic mass is 9.65. The van der Waals surface area contributed by atoms with E-state index < -0.39 is 29.1 Å². The van der Waals surface area contributed by atoms with Crippen molar-refractivity contribution >= 4 is 34.8 Å². The minimum atomic E-state index is -1.13. The van der Waals surface area contributed by atoms with E-state index in [-0.39, 0.29) is 30.9 Å². The molecule has 0 saturated carbocycles. The first-order chi connectivity index (χ1) is 20.8. The molecule has 3 N–H and O–H groups in total. The Hall–Kier alpha value is -3.63. The van der Waals surface area contributed by atoms with Crippen molar-refractivity contribution in [1.29, 1.82) is 0 Å². The number of carbonyl (C=O) groups excluding carboxylic acids is 3. The van der Waals surface area contributed by atoms with Crippen LogP contribution in [0.4, 0.5) is 17.1 Å². The molecule has 3 amide bonds. The molecule has 3 heterocycles. The molecule has 2 aromatic rings. The van der Waals surface area contributed by atoms with Crippen molar-refractivity contribution in [1.82, 2.24) is 4.90 Å². The van der Waals surface area contributed by atoms with Gasteiger partial charge in [-0.15, -0.1) is 0 Å². The maximum Gasteiger partial charge on any atom is 0.250 e. The van der Waals surface area contributed by atoms with Gasteiger partial charge in [-0.05, 0) is 95.0 Å². The van der Waals surface area contributed by atoms with Crippen LogP contribution in [0.25, 0.3) is 0 Å². The van der Waals surface area contributed by atoms with Gasteiger partial charge in [0, 0.05) is 43.3 Å². The Morgan fingerprint density at radius 2 is 1.60 bits per heavy atom. The second kappa shape index (κ2) is 12.5. The molecular formula is C33H44N4O6. The molecule has 43 heavy (non-hydrogen) atoms. The average Bonchev–Trinajstić information content (AvgIpc) is 3.62. The van der Waals surface area contributed by atoms with Gasteiger partial charge in [-0.25, -0.2) is 0 Å². The third kappa shape index (κ3) is 5.35. The zero-order valence-electron chi connectivity index (χ0n) is 25.6. The summed E-state index contributed by atoms with van der Waals surface area (Å²) in [7, 11) is 0. The Morgan fingerprint density at radius 1 is 0.977 bits per heavy atom.